The van der Waals surface area contributed by atoms with E-state index in [-0.39, 0.29) is 11.9 Å². The van der Waals surface area contributed by atoms with Gasteiger partial charge in [0.25, 0.3) is 0 Å². The molecule has 1 atom stereocenters. The minimum Gasteiger partial charge on any atom is -0.385 e. The van der Waals surface area contributed by atoms with Crippen molar-refractivity contribution in [3.63, 3.8) is 0 Å². The highest BCUT2D eigenvalue weighted by Gasteiger charge is 2.29. The Morgan fingerprint density at radius 3 is 2.39 bits per heavy atom. The summed E-state index contributed by atoms with van der Waals surface area (Å²) in [7, 11) is -3.25. The monoisotopic (exact) mass is 410 g/mol. The van der Waals surface area contributed by atoms with Crippen molar-refractivity contribution in [2.45, 2.75) is 63.7 Å². The van der Waals surface area contributed by atoms with Crippen molar-refractivity contribution in [1.82, 2.24) is 4.72 Å². The Labute approximate surface area is 169 Å². The predicted octanol–water partition coefficient (Wildman–Crippen LogP) is 2.44. The molecular formula is C20H34N4O3S. The van der Waals surface area contributed by atoms with Crippen LogP contribution in [-0.2, 0) is 14.8 Å². The number of sulfonamides is 1. The number of nitrogens with two attached hydrogens (primary N) is 1. The van der Waals surface area contributed by atoms with Crippen LogP contribution in [0.15, 0.2) is 24.3 Å². The fourth-order valence-electron chi connectivity index (χ4n) is 3.22. The van der Waals surface area contributed by atoms with Gasteiger partial charge >= 0.3 is 0 Å². The van der Waals surface area contributed by atoms with E-state index in [1.54, 1.807) is 20.8 Å². The van der Waals surface area contributed by atoms with Crippen LogP contribution >= 0.6 is 0 Å². The summed E-state index contributed by atoms with van der Waals surface area (Å²) in [5.74, 6) is -0.260. The number of amides is 1. The molecule has 1 aliphatic heterocycles. The fraction of sp³-hybridized carbons (Fsp3) is 0.650. The zero-order valence-corrected chi connectivity index (χ0v) is 18.0. The van der Waals surface area contributed by atoms with Crippen LogP contribution in [0.4, 0.5) is 11.4 Å². The average molecular weight is 411 g/mol. The van der Waals surface area contributed by atoms with Crippen molar-refractivity contribution in [3.8, 4) is 0 Å². The minimum atomic E-state index is -3.25. The highest BCUT2D eigenvalue weighted by Crippen LogP contribution is 2.26. The number of carbonyl (C=O) groups is 1. The van der Waals surface area contributed by atoms with E-state index in [2.05, 4.69) is 14.9 Å². The van der Waals surface area contributed by atoms with Crippen molar-refractivity contribution in [3.05, 3.63) is 24.3 Å². The number of carbonyl (C=O) groups excluding carboxylic acids is 1. The number of benzene rings is 1. The number of hydrogen-bond acceptors (Lipinski definition) is 5. The standard InChI is InChI=1S/C20H34N4O3S/c1-20(2,3)28(26,27)23-14-6-4-5-13-22-16-9-11-17(12-10-16)24-15-7-8-18(24)19(21)25/h9-12,18,22-23H,4-8,13-15H2,1-3H3,(H2,21,25)/t18-/m0/s1. The quantitative estimate of drug-likeness (QED) is 0.514. The van der Waals surface area contributed by atoms with Crippen LogP contribution in [0.5, 0.6) is 0 Å². The van der Waals surface area contributed by atoms with E-state index < -0.39 is 14.8 Å². The van der Waals surface area contributed by atoms with Gasteiger partial charge in [-0.15, -0.1) is 0 Å². The second-order valence-electron chi connectivity index (χ2n) is 8.30. The maximum atomic E-state index is 12.0. The lowest BCUT2D eigenvalue weighted by Gasteiger charge is -2.24. The molecule has 2 rings (SSSR count). The van der Waals surface area contributed by atoms with E-state index >= 15 is 0 Å². The molecule has 0 unspecified atom stereocenters. The van der Waals surface area contributed by atoms with E-state index in [1.807, 2.05) is 24.3 Å². The zero-order chi connectivity index (χ0) is 20.8. The second kappa shape index (κ2) is 9.60. The molecule has 1 saturated heterocycles. The van der Waals surface area contributed by atoms with Gasteiger partial charge in [-0.1, -0.05) is 6.42 Å². The Morgan fingerprint density at radius 1 is 1.14 bits per heavy atom. The van der Waals surface area contributed by atoms with Crippen molar-refractivity contribution < 1.29 is 13.2 Å². The molecule has 1 aromatic carbocycles. The van der Waals surface area contributed by atoms with Crippen LogP contribution in [-0.4, -0.2) is 44.7 Å². The number of nitrogens with one attached hydrogen (secondary N) is 2. The van der Waals surface area contributed by atoms with E-state index in [0.29, 0.717) is 6.54 Å². The van der Waals surface area contributed by atoms with Crippen molar-refractivity contribution >= 4 is 27.3 Å². The second-order valence-corrected chi connectivity index (χ2v) is 10.8. The molecule has 1 amide bonds. The van der Waals surface area contributed by atoms with Gasteiger partial charge in [-0.25, -0.2) is 13.1 Å². The summed E-state index contributed by atoms with van der Waals surface area (Å²) in [5.41, 5.74) is 7.55. The zero-order valence-electron chi connectivity index (χ0n) is 17.2. The Balaban J connectivity index is 1.67. The van der Waals surface area contributed by atoms with E-state index in [1.165, 1.54) is 0 Å². The lowest BCUT2D eigenvalue weighted by Crippen LogP contribution is -2.40. The Kier molecular flexibility index (Phi) is 7.71. The van der Waals surface area contributed by atoms with E-state index in [0.717, 1.165) is 56.6 Å². The number of rotatable bonds is 10. The van der Waals surface area contributed by atoms with Gasteiger partial charge in [0.2, 0.25) is 15.9 Å². The molecule has 4 N–H and O–H groups in total. The normalized spacial score (nSPS) is 17.7. The lowest BCUT2D eigenvalue weighted by atomic mass is 10.2. The molecule has 1 heterocycles. The van der Waals surface area contributed by atoms with Crippen LogP contribution in [0.3, 0.4) is 0 Å². The highest BCUT2D eigenvalue weighted by molar-refractivity contribution is 7.90. The maximum absolute atomic E-state index is 12.0. The number of unbranched alkanes of at least 4 members (excludes halogenated alkanes) is 2. The molecule has 0 aliphatic carbocycles. The summed E-state index contributed by atoms with van der Waals surface area (Å²) in [5, 5.41) is 3.38. The van der Waals surface area contributed by atoms with Crippen LogP contribution in [0.25, 0.3) is 0 Å². The Morgan fingerprint density at radius 2 is 1.79 bits per heavy atom. The molecule has 1 aromatic rings. The largest absolute Gasteiger partial charge is 0.385 e. The van der Waals surface area contributed by atoms with Crippen LogP contribution in [0.1, 0.15) is 52.9 Å². The molecule has 0 radical (unpaired) electrons. The molecule has 0 aromatic heterocycles. The third kappa shape index (κ3) is 6.10. The lowest BCUT2D eigenvalue weighted by molar-refractivity contribution is -0.119. The van der Waals surface area contributed by atoms with Crippen molar-refractivity contribution in [2.24, 2.45) is 5.73 Å². The molecule has 0 spiro atoms. The molecule has 0 bridgehead atoms. The third-order valence-corrected chi connectivity index (χ3v) is 7.26. The first-order chi connectivity index (χ1) is 13.1. The summed E-state index contributed by atoms with van der Waals surface area (Å²) in [6.45, 7) is 7.26. The molecule has 1 aliphatic rings. The van der Waals surface area contributed by atoms with Crippen molar-refractivity contribution in [1.29, 1.82) is 0 Å². The Hall–Kier alpha value is -1.80. The number of anilines is 2. The van der Waals surface area contributed by atoms with Gasteiger partial charge in [0.1, 0.15) is 6.04 Å². The van der Waals surface area contributed by atoms with Gasteiger partial charge in [0.05, 0.1) is 4.75 Å². The van der Waals surface area contributed by atoms with Gasteiger partial charge in [0.15, 0.2) is 0 Å². The van der Waals surface area contributed by atoms with E-state index in [9.17, 15) is 13.2 Å². The Bertz CT molecular complexity index is 742. The summed E-state index contributed by atoms with van der Waals surface area (Å²) >= 11 is 0. The highest BCUT2D eigenvalue weighted by atomic mass is 32.2. The van der Waals surface area contributed by atoms with Gasteiger partial charge in [-0.05, 0) is 70.7 Å². The molecule has 7 nitrogen and oxygen atoms in total. The molecule has 0 saturated carbocycles. The smallest absolute Gasteiger partial charge is 0.240 e. The first-order valence-corrected chi connectivity index (χ1v) is 11.5. The van der Waals surface area contributed by atoms with Gasteiger partial charge < -0.3 is 16.0 Å². The molecule has 8 heteroatoms. The van der Waals surface area contributed by atoms with E-state index in [4.69, 9.17) is 5.73 Å². The van der Waals surface area contributed by atoms with Gasteiger partial charge in [0, 0.05) is 31.0 Å². The summed E-state index contributed by atoms with van der Waals surface area (Å²) in [6, 6.07) is 7.87. The topological polar surface area (TPSA) is 105 Å². The van der Waals surface area contributed by atoms with Crippen LogP contribution < -0.4 is 20.7 Å². The maximum Gasteiger partial charge on any atom is 0.240 e. The average Bonchev–Trinajstić information content (AvgIpc) is 3.10. The molecule has 1 fully saturated rings. The molecule has 158 valence electrons. The number of nitrogens with zero attached hydrogens (tertiary/aromatic N) is 1. The van der Waals surface area contributed by atoms with Crippen molar-refractivity contribution in [2.75, 3.05) is 29.9 Å². The summed E-state index contributed by atoms with van der Waals surface area (Å²) in [4.78, 5) is 13.6. The summed E-state index contributed by atoms with van der Waals surface area (Å²) < 4.78 is 25.8. The fourth-order valence-corrected chi connectivity index (χ4v) is 4.07. The van der Waals surface area contributed by atoms with Gasteiger partial charge in [-0.3, -0.25) is 4.79 Å². The first-order valence-electron chi connectivity index (χ1n) is 10.0. The SMILES string of the molecule is CC(C)(C)S(=O)(=O)NCCCCCNc1ccc(N2CCC[C@H]2C(N)=O)cc1. The minimum absolute atomic E-state index is 0.200. The first kappa shape index (κ1) is 22.5. The third-order valence-electron chi connectivity index (χ3n) is 5.06. The van der Waals surface area contributed by atoms with Gasteiger partial charge in [-0.2, -0.15) is 0 Å². The van der Waals surface area contributed by atoms with Crippen LogP contribution in [0, 0.1) is 0 Å². The molecule has 28 heavy (non-hydrogen) atoms. The number of primary amides is 1. The van der Waals surface area contributed by atoms with Crippen LogP contribution in [0.2, 0.25) is 0 Å². The predicted molar refractivity (Wildman–Crippen MR) is 115 cm³/mol. The number of hydrogen-bond donors (Lipinski definition) is 3. The molecular weight excluding hydrogens is 376 g/mol. The summed E-state index contributed by atoms with van der Waals surface area (Å²) in [6.07, 6.45) is 4.54.